The number of amides is 1. The molecule has 136 valence electrons. The molecule has 0 unspecified atom stereocenters. The lowest BCUT2D eigenvalue weighted by molar-refractivity contribution is 0.0531. The first-order chi connectivity index (χ1) is 12.4. The van der Waals surface area contributed by atoms with E-state index in [-0.39, 0.29) is 39.6 Å². The van der Waals surface area contributed by atoms with E-state index in [1.165, 1.54) is 20.3 Å². The van der Waals surface area contributed by atoms with E-state index < -0.39 is 11.9 Å². The number of nitrogens with zero attached hydrogens (tertiary/aromatic N) is 3. The third-order valence-corrected chi connectivity index (χ3v) is 4.44. The molecule has 0 atom stereocenters. The smallest absolute Gasteiger partial charge is 0.348 e. The molecule has 0 bridgehead atoms. The summed E-state index contributed by atoms with van der Waals surface area (Å²) in [6, 6.07) is 3.28. The zero-order chi connectivity index (χ0) is 19.3. The second-order valence-electron chi connectivity index (χ2n) is 4.83. The molecule has 1 N–H and O–H groups in total. The predicted molar refractivity (Wildman–Crippen MR) is 92.8 cm³/mol. The zero-order valence-corrected chi connectivity index (χ0v) is 15.4. The number of nitriles is 1. The number of ether oxygens (including phenoxy) is 3. The van der Waals surface area contributed by atoms with Crippen LogP contribution in [0.1, 0.15) is 38.2 Å². The van der Waals surface area contributed by atoms with Gasteiger partial charge < -0.3 is 19.5 Å². The van der Waals surface area contributed by atoms with E-state index in [0.29, 0.717) is 5.56 Å². The SMILES string of the molecule is CCOC(=O)c1sc(NC(=O)c2cc(OC)nc(OC)n2)c(C#N)c1C. The molecule has 0 aromatic carbocycles. The van der Waals surface area contributed by atoms with Crippen molar-refractivity contribution in [2.24, 2.45) is 0 Å². The molecule has 0 fully saturated rings. The van der Waals surface area contributed by atoms with Crippen LogP contribution in [0, 0.1) is 18.3 Å². The largest absolute Gasteiger partial charge is 0.481 e. The molecule has 1 amide bonds. The molecule has 0 aliphatic heterocycles. The van der Waals surface area contributed by atoms with Crippen LogP contribution in [0.3, 0.4) is 0 Å². The minimum atomic E-state index is -0.600. The molecule has 10 heteroatoms. The molecular formula is C16H16N4O5S. The maximum absolute atomic E-state index is 12.5. The monoisotopic (exact) mass is 376 g/mol. The molecule has 0 aliphatic carbocycles. The minimum Gasteiger partial charge on any atom is -0.481 e. The lowest BCUT2D eigenvalue weighted by Crippen LogP contribution is -2.14. The summed E-state index contributed by atoms with van der Waals surface area (Å²) in [7, 11) is 2.75. The summed E-state index contributed by atoms with van der Waals surface area (Å²) in [6.45, 7) is 3.51. The number of hydrogen-bond donors (Lipinski definition) is 1. The molecular weight excluding hydrogens is 360 g/mol. The Bertz CT molecular complexity index is 865. The summed E-state index contributed by atoms with van der Waals surface area (Å²) >= 11 is 0.967. The second kappa shape index (κ2) is 8.26. The van der Waals surface area contributed by atoms with Gasteiger partial charge in [-0.25, -0.2) is 4.79 Å². The van der Waals surface area contributed by atoms with Gasteiger partial charge in [-0.05, 0) is 19.4 Å². The molecule has 0 saturated carbocycles. The molecule has 2 aromatic heterocycles. The van der Waals surface area contributed by atoms with E-state index >= 15 is 0 Å². The van der Waals surface area contributed by atoms with Gasteiger partial charge in [0.1, 0.15) is 21.6 Å². The molecule has 2 heterocycles. The zero-order valence-electron chi connectivity index (χ0n) is 14.6. The first-order valence-corrected chi connectivity index (χ1v) is 8.25. The number of hydrogen-bond acceptors (Lipinski definition) is 9. The lowest BCUT2D eigenvalue weighted by Gasteiger charge is -2.06. The van der Waals surface area contributed by atoms with Crippen molar-refractivity contribution in [1.29, 1.82) is 5.26 Å². The van der Waals surface area contributed by atoms with Gasteiger partial charge in [0.15, 0.2) is 0 Å². The maximum Gasteiger partial charge on any atom is 0.348 e. The number of rotatable bonds is 6. The number of thiophene rings is 1. The highest BCUT2D eigenvalue weighted by Crippen LogP contribution is 2.33. The number of carbonyl (C=O) groups excluding carboxylic acids is 2. The Hall–Kier alpha value is -3.19. The third kappa shape index (κ3) is 3.89. The second-order valence-corrected chi connectivity index (χ2v) is 5.85. The molecule has 2 aromatic rings. The van der Waals surface area contributed by atoms with Crippen molar-refractivity contribution < 1.29 is 23.8 Å². The van der Waals surface area contributed by atoms with Crippen LogP contribution in [0.25, 0.3) is 0 Å². The van der Waals surface area contributed by atoms with Gasteiger partial charge in [0, 0.05) is 6.07 Å². The Morgan fingerprint density at radius 3 is 2.62 bits per heavy atom. The van der Waals surface area contributed by atoms with E-state index in [0.717, 1.165) is 11.3 Å². The number of nitrogens with one attached hydrogen (secondary N) is 1. The molecule has 0 saturated heterocycles. The maximum atomic E-state index is 12.5. The van der Waals surface area contributed by atoms with Gasteiger partial charge in [-0.1, -0.05) is 0 Å². The number of aromatic nitrogens is 2. The quantitative estimate of drug-likeness (QED) is 0.761. The van der Waals surface area contributed by atoms with Gasteiger partial charge in [-0.3, -0.25) is 4.79 Å². The summed E-state index contributed by atoms with van der Waals surface area (Å²) in [5.41, 5.74) is 0.629. The fourth-order valence-corrected chi connectivity index (χ4v) is 3.06. The first-order valence-electron chi connectivity index (χ1n) is 7.44. The van der Waals surface area contributed by atoms with Crippen LogP contribution < -0.4 is 14.8 Å². The standard InChI is InChI=1S/C16H16N4O5S/c1-5-25-15(22)12-8(2)9(7-17)14(26-12)20-13(21)10-6-11(23-3)19-16(18-10)24-4/h6H,5H2,1-4H3,(H,20,21). The molecule has 0 radical (unpaired) electrons. The average Bonchev–Trinajstić information content (AvgIpc) is 2.96. The molecule has 0 aliphatic rings. The summed E-state index contributed by atoms with van der Waals surface area (Å²) in [6.07, 6.45) is 0. The van der Waals surface area contributed by atoms with Crippen LogP contribution in [0.15, 0.2) is 6.07 Å². The van der Waals surface area contributed by atoms with Crippen molar-refractivity contribution >= 4 is 28.2 Å². The van der Waals surface area contributed by atoms with E-state index in [1.54, 1.807) is 13.8 Å². The summed E-state index contributed by atoms with van der Waals surface area (Å²) < 4.78 is 14.9. The summed E-state index contributed by atoms with van der Waals surface area (Å²) in [5, 5.41) is 12.2. The van der Waals surface area contributed by atoms with Crippen molar-refractivity contribution in [3.63, 3.8) is 0 Å². The van der Waals surface area contributed by atoms with Crippen molar-refractivity contribution in [3.05, 3.63) is 27.8 Å². The molecule has 26 heavy (non-hydrogen) atoms. The van der Waals surface area contributed by atoms with Crippen LogP contribution >= 0.6 is 11.3 Å². The Morgan fingerprint density at radius 2 is 2.04 bits per heavy atom. The topological polar surface area (TPSA) is 123 Å². The van der Waals surface area contributed by atoms with E-state index in [9.17, 15) is 14.9 Å². The highest BCUT2D eigenvalue weighted by Gasteiger charge is 2.23. The van der Waals surface area contributed by atoms with E-state index in [2.05, 4.69) is 15.3 Å². The van der Waals surface area contributed by atoms with Gasteiger partial charge in [0.2, 0.25) is 5.88 Å². The van der Waals surface area contributed by atoms with Crippen LogP contribution in [-0.2, 0) is 4.74 Å². The van der Waals surface area contributed by atoms with Gasteiger partial charge >= 0.3 is 12.0 Å². The summed E-state index contributed by atoms with van der Waals surface area (Å²) in [4.78, 5) is 32.6. The fraction of sp³-hybridized carbons (Fsp3) is 0.312. The number of methoxy groups -OCH3 is 2. The normalized spacial score (nSPS) is 9.96. The first kappa shape index (κ1) is 19.1. The number of esters is 1. The van der Waals surface area contributed by atoms with Crippen molar-refractivity contribution in [1.82, 2.24) is 9.97 Å². The molecule has 9 nitrogen and oxygen atoms in total. The van der Waals surface area contributed by atoms with Crippen LogP contribution in [0.2, 0.25) is 0 Å². The molecule has 2 rings (SSSR count). The Balaban J connectivity index is 2.36. The van der Waals surface area contributed by atoms with E-state index in [1.807, 2.05) is 6.07 Å². The number of carbonyl (C=O) groups is 2. The van der Waals surface area contributed by atoms with Gasteiger partial charge in [0.25, 0.3) is 5.91 Å². The van der Waals surface area contributed by atoms with Crippen LogP contribution in [-0.4, -0.2) is 42.7 Å². The van der Waals surface area contributed by atoms with Crippen LogP contribution in [0.4, 0.5) is 5.00 Å². The highest BCUT2D eigenvalue weighted by molar-refractivity contribution is 7.18. The molecule has 0 spiro atoms. The van der Waals surface area contributed by atoms with Gasteiger partial charge in [0.05, 0.1) is 26.4 Å². The van der Waals surface area contributed by atoms with Crippen molar-refractivity contribution in [2.45, 2.75) is 13.8 Å². The minimum absolute atomic E-state index is 0.0127. The summed E-state index contributed by atoms with van der Waals surface area (Å²) in [5.74, 6) is -0.994. The third-order valence-electron chi connectivity index (χ3n) is 3.25. The van der Waals surface area contributed by atoms with Crippen LogP contribution in [0.5, 0.6) is 11.9 Å². The number of anilines is 1. The lowest BCUT2D eigenvalue weighted by atomic mass is 10.2. The Labute approximate surface area is 153 Å². The highest BCUT2D eigenvalue weighted by atomic mass is 32.1. The van der Waals surface area contributed by atoms with Gasteiger partial charge in [-0.2, -0.15) is 15.2 Å². The van der Waals surface area contributed by atoms with Crippen molar-refractivity contribution in [3.8, 4) is 18.0 Å². The average molecular weight is 376 g/mol. The Kier molecular flexibility index (Phi) is 6.08. The van der Waals surface area contributed by atoms with Gasteiger partial charge in [-0.15, -0.1) is 11.3 Å². The van der Waals surface area contributed by atoms with Crippen molar-refractivity contribution in [2.75, 3.05) is 26.1 Å². The Morgan fingerprint density at radius 1 is 1.31 bits per heavy atom. The fourth-order valence-electron chi connectivity index (χ4n) is 2.01. The van der Waals surface area contributed by atoms with E-state index in [4.69, 9.17) is 14.2 Å². The predicted octanol–water partition coefficient (Wildman–Crippen LogP) is 2.16.